The lowest BCUT2D eigenvalue weighted by Crippen LogP contribution is -2.46. The molecule has 0 aromatic carbocycles. The summed E-state index contributed by atoms with van der Waals surface area (Å²) >= 11 is 0. The van der Waals surface area contributed by atoms with Crippen molar-refractivity contribution in [3.63, 3.8) is 0 Å². The molecule has 2 atom stereocenters. The summed E-state index contributed by atoms with van der Waals surface area (Å²) in [5.74, 6) is -0.851. The molecule has 1 aromatic heterocycles. The predicted molar refractivity (Wildman–Crippen MR) is 55.3 cm³/mol. The predicted octanol–water partition coefficient (Wildman–Crippen LogP) is -1.20. The molecule has 1 saturated heterocycles. The van der Waals surface area contributed by atoms with Crippen LogP contribution in [0.25, 0.3) is 0 Å². The molecule has 1 fully saturated rings. The van der Waals surface area contributed by atoms with Gasteiger partial charge in [-0.1, -0.05) is 5.16 Å². The molecule has 0 unspecified atom stereocenters. The average molecular weight is 256 g/mol. The highest BCUT2D eigenvalue weighted by Gasteiger charge is 2.38. The Morgan fingerprint density at radius 3 is 3.00 bits per heavy atom. The Labute approximate surface area is 101 Å². The van der Waals surface area contributed by atoms with Gasteiger partial charge in [-0.3, -0.25) is 0 Å². The number of carbonyl (C=O) groups is 2. The number of hydrogen-bond donors (Lipinski definition) is 3. The smallest absolute Gasteiger partial charge is 0.326 e. The molecule has 3 N–H and O–H groups in total. The maximum absolute atomic E-state index is 11.8. The van der Waals surface area contributed by atoms with Crippen molar-refractivity contribution in [3.05, 3.63) is 12.2 Å². The van der Waals surface area contributed by atoms with Gasteiger partial charge < -0.3 is 25.0 Å². The van der Waals surface area contributed by atoms with E-state index in [9.17, 15) is 14.7 Å². The molecule has 2 amide bonds. The largest absolute Gasteiger partial charge is 0.480 e. The highest BCUT2D eigenvalue weighted by Crippen LogP contribution is 2.18. The van der Waals surface area contributed by atoms with E-state index in [1.807, 2.05) is 0 Å². The number of amides is 2. The fourth-order valence-corrected chi connectivity index (χ4v) is 1.80. The average Bonchev–Trinajstić information content (AvgIpc) is 2.94. The van der Waals surface area contributed by atoms with Gasteiger partial charge in [0.15, 0.2) is 5.82 Å². The molecular weight excluding hydrogens is 244 g/mol. The van der Waals surface area contributed by atoms with Gasteiger partial charge in [-0.05, 0) is 0 Å². The van der Waals surface area contributed by atoms with Crippen molar-refractivity contribution < 1.29 is 24.3 Å². The minimum atomic E-state index is -1.14. The third kappa shape index (κ3) is 2.56. The van der Waals surface area contributed by atoms with Gasteiger partial charge >= 0.3 is 12.0 Å². The van der Waals surface area contributed by atoms with Crippen LogP contribution in [0.1, 0.15) is 12.2 Å². The number of aliphatic hydroxyl groups is 1. The number of likely N-dealkylation sites (tertiary alicyclic amines) is 1. The fraction of sp³-hybridized carbons (Fsp3) is 0.556. The highest BCUT2D eigenvalue weighted by molar-refractivity contribution is 5.83. The van der Waals surface area contributed by atoms with E-state index in [2.05, 4.69) is 20.0 Å². The Balaban J connectivity index is 1.93. The molecule has 0 saturated carbocycles. The van der Waals surface area contributed by atoms with Crippen LogP contribution in [-0.4, -0.2) is 55.9 Å². The van der Waals surface area contributed by atoms with E-state index < -0.39 is 24.1 Å². The lowest BCUT2D eigenvalue weighted by molar-refractivity contribution is -0.141. The van der Waals surface area contributed by atoms with Gasteiger partial charge in [-0.2, -0.15) is 4.98 Å². The minimum Gasteiger partial charge on any atom is -0.480 e. The van der Waals surface area contributed by atoms with Crippen molar-refractivity contribution in [2.45, 2.75) is 25.1 Å². The van der Waals surface area contributed by atoms with Gasteiger partial charge in [-0.15, -0.1) is 0 Å². The summed E-state index contributed by atoms with van der Waals surface area (Å²) < 4.78 is 4.49. The van der Waals surface area contributed by atoms with E-state index in [0.717, 1.165) is 11.3 Å². The Bertz CT molecular complexity index is 434. The number of β-amino-alcohol motifs (C(OH)–C–C–N with tert-alkyl or cyclic N) is 1. The summed E-state index contributed by atoms with van der Waals surface area (Å²) in [5, 5.41) is 24.3. The maximum atomic E-state index is 11.8. The van der Waals surface area contributed by atoms with Crippen molar-refractivity contribution in [2.24, 2.45) is 0 Å². The van der Waals surface area contributed by atoms with Gasteiger partial charge in [-0.25, -0.2) is 9.59 Å². The lowest BCUT2D eigenvalue weighted by atomic mass is 10.2. The van der Waals surface area contributed by atoms with Crippen LogP contribution in [0.2, 0.25) is 0 Å². The van der Waals surface area contributed by atoms with E-state index >= 15 is 0 Å². The van der Waals surface area contributed by atoms with Crippen molar-refractivity contribution in [1.82, 2.24) is 20.4 Å². The monoisotopic (exact) mass is 256 g/mol. The number of urea groups is 1. The SMILES string of the molecule is O=C(O)[C@@H]1C[C@@H](O)CN1C(=O)NCc1ncon1. The molecule has 18 heavy (non-hydrogen) atoms. The number of aliphatic carboxylic acids is 1. The van der Waals surface area contributed by atoms with Gasteiger partial charge in [0, 0.05) is 13.0 Å². The van der Waals surface area contributed by atoms with Crippen LogP contribution in [-0.2, 0) is 11.3 Å². The molecule has 1 aliphatic rings. The molecule has 1 aromatic rings. The zero-order valence-corrected chi connectivity index (χ0v) is 9.31. The lowest BCUT2D eigenvalue weighted by Gasteiger charge is -2.20. The second-order valence-electron chi connectivity index (χ2n) is 3.90. The standard InChI is InChI=1S/C9H12N4O5/c14-5-1-6(8(15)16)13(3-5)9(17)10-2-7-11-4-18-12-7/h4-6,14H,1-3H2,(H,10,17)(H,15,16)/t5-,6+/m1/s1. The van der Waals surface area contributed by atoms with E-state index in [0.29, 0.717) is 0 Å². The number of aromatic nitrogens is 2. The minimum absolute atomic E-state index is 0.00492. The number of hydrogen-bond acceptors (Lipinski definition) is 6. The first-order valence-corrected chi connectivity index (χ1v) is 5.28. The summed E-state index contributed by atoms with van der Waals surface area (Å²) in [6.45, 7) is 0.0311. The van der Waals surface area contributed by atoms with Crippen molar-refractivity contribution in [1.29, 1.82) is 0 Å². The molecule has 0 aliphatic carbocycles. The molecule has 2 heterocycles. The number of carboxylic acid groups (broad SMARTS) is 1. The Morgan fingerprint density at radius 2 is 2.39 bits per heavy atom. The molecule has 9 heteroatoms. The van der Waals surface area contributed by atoms with Gasteiger partial charge in [0.05, 0.1) is 12.6 Å². The van der Waals surface area contributed by atoms with E-state index in [1.54, 1.807) is 0 Å². The second kappa shape index (κ2) is 5.00. The van der Waals surface area contributed by atoms with Crippen molar-refractivity contribution in [2.75, 3.05) is 6.54 Å². The van der Waals surface area contributed by atoms with Crippen LogP contribution in [0, 0.1) is 0 Å². The van der Waals surface area contributed by atoms with Gasteiger partial charge in [0.2, 0.25) is 6.39 Å². The Hall–Kier alpha value is -2.16. The van der Waals surface area contributed by atoms with Crippen LogP contribution >= 0.6 is 0 Å². The van der Waals surface area contributed by atoms with Crippen LogP contribution < -0.4 is 5.32 Å². The third-order valence-corrected chi connectivity index (χ3v) is 2.63. The van der Waals surface area contributed by atoms with Crippen LogP contribution in [0.15, 0.2) is 10.9 Å². The van der Waals surface area contributed by atoms with Gasteiger partial charge in [0.25, 0.3) is 0 Å². The van der Waals surface area contributed by atoms with Crippen molar-refractivity contribution >= 4 is 12.0 Å². The normalized spacial score (nSPS) is 23.1. The first kappa shape index (κ1) is 12.3. The summed E-state index contributed by atoms with van der Waals surface area (Å²) in [6.07, 6.45) is 0.341. The van der Waals surface area contributed by atoms with E-state index in [-0.39, 0.29) is 25.3 Å². The second-order valence-corrected chi connectivity index (χ2v) is 3.90. The van der Waals surface area contributed by atoms with E-state index in [4.69, 9.17) is 5.11 Å². The van der Waals surface area contributed by atoms with Gasteiger partial charge in [0.1, 0.15) is 6.04 Å². The zero-order chi connectivity index (χ0) is 13.1. The Morgan fingerprint density at radius 1 is 1.61 bits per heavy atom. The van der Waals surface area contributed by atoms with E-state index in [1.165, 1.54) is 0 Å². The number of aliphatic hydroxyl groups excluding tert-OH is 1. The highest BCUT2D eigenvalue weighted by atomic mass is 16.5. The molecular formula is C9H12N4O5. The number of rotatable bonds is 3. The number of carboxylic acids is 1. The number of nitrogens with one attached hydrogen (secondary N) is 1. The Kier molecular flexibility index (Phi) is 3.42. The molecule has 9 nitrogen and oxygen atoms in total. The third-order valence-electron chi connectivity index (χ3n) is 2.63. The maximum Gasteiger partial charge on any atom is 0.326 e. The quantitative estimate of drug-likeness (QED) is 0.619. The molecule has 2 rings (SSSR count). The van der Waals surface area contributed by atoms with Crippen LogP contribution in [0.3, 0.4) is 0 Å². The number of nitrogens with zero attached hydrogens (tertiary/aromatic N) is 3. The summed E-state index contributed by atoms with van der Waals surface area (Å²) in [7, 11) is 0. The molecule has 0 bridgehead atoms. The summed E-state index contributed by atoms with van der Waals surface area (Å²) in [4.78, 5) is 27.5. The van der Waals surface area contributed by atoms with Crippen LogP contribution in [0.4, 0.5) is 4.79 Å². The zero-order valence-electron chi connectivity index (χ0n) is 9.31. The fourth-order valence-electron chi connectivity index (χ4n) is 1.80. The molecule has 98 valence electrons. The molecule has 0 radical (unpaired) electrons. The first-order chi connectivity index (χ1) is 8.58. The van der Waals surface area contributed by atoms with Crippen molar-refractivity contribution in [3.8, 4) is 0 Å². The van der Waals surface area contributed by atoms with Crippen LogP contribution in [0.5, 0.6) is 0 Å². The topological polar surface area (TPSA) is 129 Å². The summed E-state index contributed by atoms with van der Waals surface area (Å²) in [6, 6.07) is -1.59. The molecule has 1 aliphatic heterocycles. The first-order valence-electron chi connectivity index (χ1n) is 5.28. The summed E-state index contributed by atoms with van der Waals surface area (Å²) in [5.41, 5.74) is 0. The number of carbonyl (C=O) groups excluding carboxylic acids is 1. The molecule has 0 spiro atoms.